The summed E-state index contributed by atoms with van der Waals surface area (Å²) < 4.78 is 11.7. The number of aliphatic imine (C=N–C) groups is 1. The van der Waals surface area contributed by atoms with E-state index in [4.69, 9.17) is 9.26 Å². The molecule has 23 heavy (non-hydrogen) atoms. The molecule has 3 aromatic rings. The number of aromatic nitrogens is 2. The van der Waals surface area contributed by atoms with E-state index in [0.29, 0.717) is 5.69 Å². The average Bonchev–Trinajstić information content (AvgIpc) is 3.00. The maximum Gasteiger partial charge on any atom is 0.332 e. The van der Waals surface area contributed by atoms with E-state index in [2.05, 4.69) is 10.3 Å². The van der Waals surface area contributed by atoms with E-state index >= 15 is 0 Å². The number of para-hydroxylation sites is 1. The number of hydrogen-bond donors (Lipinski definition) is 0. The third-order valence-electron chi connectivity index (χ3n) is 3.13. The fourth-order valence-corrected chi connectivity index (χ4v) is 2.15. The Labute approximate surface area is 133 Å². The number of nitrogens with zero attached hydrogens (tertiary/aromatic N) is 3. The van der Waals surface area contributed by atoms with E-state index in [1.54, 1.807) is 11.6 Å². The maximum atomic E-state index is 11.7. The molecule has 0 aliphatic carbocycles. The molecule has 116 valence electrons. The van der Waals surface area contributed by atoms with Gasteiger partial charge in [0.1, 0.15) is 0 Å². The molecule has 0 amide bonds. The van der Waals surface area contributed by atoms with Crippen LogP contribution in [0.1, 0.15) is 6.92 Å². The minimum absolute atomic E-state index is 0.110. The fourth-order valence-electron chi connectivity index (χ4n) is 2.15. The predicted molar refractivity (Wildman–Crippen MR) is 82.2 cm³/mol. The second-order valence-electron chi connectivity index (χ2n) is 4.65. The SMILES string of the molecule is CCO/C([O-])=N/c1on[n+](-c2ccccc2)c1-c1ccccc1. The van der Waals surface area contributed by atoms with Crippen molar-refractivity contribution in [3.8, 4) is 16.9 Å². The summed E-state index contributed by atoms with van der Waals surface area (Å²) in [6, 6.07) is 19.0. The number of hydrogen-bond acceptors (Lipinski definition) is 5. The minimum Gasteiger partial charge on any atom is -0.600 e. The van der Waals surface area contributed by atoms with Gasteiger partial charge in [-0.2, -0.15) is 4.99 Å². The van der Waals surface area contributed by atoms with Crippen LogP contribution in [-0.4, -0.2) is 18.0 Å². The van der Waals surface area contributed by atoms with Crippen molar-refractivity contribution in [2.45, 2.75) is 6.92 Å². The molecule has 0 atom stereocenters. The first-order valence-corrected chi connectivity index (χ1v) is 7.21. The predicted octanol–water partition coefficient (Wildman–Crippen LogP) is 2.00. The molecule has 0 spiro atoms. The summed E-state index contributed by atoms with van der Waals surface area (Å²) in [7, 11) is 0. The van der Waals surface area contributed by atoms with Crippen LogP contribution >= 0.6 is 0 Å². The largest absolute Gasteiger partial charge is 0.600 e. The Balaban J connectivity index is 2.15. The van der Waals surface area contributed by atoms with E-state index in [1.807, 2.05) is 60.7 Å². The monoisotopic (exact) mass is 309 g/mol. The highest BCUT2D eigenvalue weighted by atomic mass is 16.6. The fraction of sp³-hybridized carbons (Fsp3) is 0.118. The van der Waals surface area contributed by atoms with Gasteiger partial charge in [-0.1, -0.05) is 43.3 Å². The van der Waals surface area contributed by atoms with Gasteiger partial charge in [0.25, 0.3) is 0 Å². The quantitative estimate of drug-likeness (QED) is 0.420. The van der Waals surface area contributed by atoms with Crippen molar-refractivity contribution >= 4 is 12.0 Å². The molecule has 0 aliphatic heterocycles. The lowest BCUT2D eigenvalue weighted by molar-refractivity contribution is -0.660. The highest BCUT2D eigenvalue weighted by Crippen LogP contribution is 2.27. The Kier molecular flexibility index (Phi) is 4.33. The first-order valence-electron chi connectivity index (χ1n) is 7.21. The topological polar surface area (TPSA) is 74.6 Å². The lowest BCUT2D eigenvalue weighted by Gasteiger charge is -2.08. The van der Waals surface area contributed by atoms with Crippen LogP contribution in [0.4, 0.5) is 5.88 Å². The van der Waals surface area contributed by atoms with Crippen molar-refractivity contribution < 1.29 is 19.0 Å². The Morgan fingerprint density at radius 1 is 1.13 bits per heavy atom. The van der Waals surface area contributed by atoms with E-state index in [-0.39, 0.29) is 12.5 Å². The number of ether oxygens (including phenoxy) is 1. The second-order valence-corrected chi connectivity index (χ2v) is 4.65. The first-order chi connectivity index (χ1) is 11.3. The molecule has 3 rings (SSSR count). The Morgan fingerprint density at radius 3 is 2.43 bits per heavy atom. The molecular formula is C17H15N3O3. The van der Waals surface area contributed by atoms with Gasteiger partial charge in [-0.25, -0.2) is 0 Å². The van der Waals surface area contributed by atoms with Crippen molar-refractivity contribution in [3.63, 3.8) is 0 Å². The Bertz CT molecular complexity index is 798. The lowest BCUT2D eigenvalue weighted by Crippen LogP contribution is -2.34. The molecule has 0 radical (unpaired) electrons. The van der Waals surface area contributed by atoms with Crippen LogP contribution in [0.15, 0.2) is 70.2 Å². The minimum atomic E-state index is -0.707. The molecular weight excluding hydrogens is 294 g/mol. The van der Waals surface area contributed by atoms with Crippen LogP contribution in [0.5, 0.6) is 0 Å². The van der Waals surface area contributed by atoms with Crippen LogP contribution < -0.4 is 9.79 Å². The zero-order chi connectivity index (χ0) is 16.1. The van der Waals surface area contributed by atoms with Crippen LogP contribution in [0.3, 0.4) is 0 Å². The lowest BCUT2D eigenvalue weighted by atomic mass is 10.1. The van der Waals surface area contributed by atoms with Gasteiger partial charge in [-0.15, -0.1) is 0 Å². The van der Waals surface area contributed by atoms with E-state index in [1.165, 1.54) is 0 Å². The van der Waals surface area contributed by atoms with Crippen molar-refractivity contribution in [1.82, 2.24) is 5.27 Å². The molecule has 1 aromatic heterocycles. The van der Waals surface area contributed by atoms with Gasteiger partial charge in [-0.05, 0) is 23.4 Å². The summed E-state index contributed by atoms with van der Waals surface area (Å²) >= 11 is 0. The molecule has 0 unspecified atom stereocenters. The Morgan fingerprint density at radius 2 is 1.78 bits per heavy atom. The third-order valence-corrected chi connectivity index (χ3v) is 3.13. The van der Waals surface area contributed by atoms with Gasteiger partial charge in [0.05, 0.1) is 5.56 Å². The normalized spacial score (nSPS) is 11.4. The van der Waals surface area contributed by atoms with Crippen LogP contribution in [0, 0.1) is 0 Å². The highest BCUT2D eigenvalue weighted by molar-refractivity contribution is 5.72. The molecule has 6 heteroatoms. The zero-order valence-corrected chi connectivity index (χ0v) is 12.5. The summed E-state index contributed by atoms with van der Waals surface area (Å²) in [5.74, 6) is 0.110. The summed E-state index contributed by atoms with van der Waals surface area (Å²) in [6.45, 7) is 1.96. The summed E-state index contributed by atoms with van der Waals surface area (Å²) in [4.78, 5) is 3.86. The zero-order valence-electron chi connectivity index (χ0n) is 12.5. The van der Waals surface area contributed by atoms with Crippen molar-refractivity contribution in [2.24, 2.45) is 4.99 Å². The third kappa shape index (κ3) is 3.21. The van der Waals surface area contributed by atoms with Gasteiger partial charge in [-0.3, -0.25) is 4.52 Å². The molecule has 0 aliphatic rings. The molecule has 0 fully saturated rings. The summed E-state index contributed by atoms with van der Waals surface area (Å²) in [6.07, 6.45) is -0.707. The Hall–Kier alpha value is -3.15. The molecule has 0 bridgehead atoms. The summed E-state index contributed by atoms with van der Waals surface area (Å²) in [5, 5.41) is 15.7. The van der Waals surface area contributed by atoms with Gasteiger partial charge in [0, 0.05) is 12.1 Å². The van der Waals surface area contributed by atoms with E-state index < -0.39 is 6.08 Å². The van der Waals surface area contributed by atoms with Crippen molar-refractivity contribution in [1.29, 1.82) is 0 Å². The van der Waals surface area contributed by atoms with Crippen LogP contribution in [0.2, 0.25) is 0 Å². The first kappa shape index (κ1) is 14.8. The van der Waals surface area contributed by atoms with Crippen LogP contribution in [-0.2, 0) is 4.74 Å². The molecule has 0 N–H and O–H groups in total. The molecule has 1 heterocycles. The van der Waals surface area contributed by atoms with Gasteiger partial charge < -0.3 is 9.84 Å². The van der Waals surface area contributed by atoms with Crippen molar-refractivity contribution in [3.05, 3.63) is 60.7 Å². The van der Waals surface area contributed by atoms with E-state index in [0.717, 1.165) is 11.3 Å². The number of rotatable bonds is 4. The average molecular weight is 309 g/mol. The summed E-state index contributed by atoms with van der Waals surface area (Å²) in [5.41, 5.74) is 2.23. The smallest absolute Gasteiger partial charge is 0.332 e. The number of benzene rings is 2. The molecule has 0 saturated heterocycles. The molecule has 6 nitrogen and oxygen atoms in total. The van der Waals surface area contributed by atoms with Gasteiger partial charge in [0.2, 0.25) is 11.0 Å². The van der Waals surface area contributed by atoms with Gasteiger partial charge >= 0.3 is 11.6 Å². The second kappa shape index (κ2) is 6.74. The van der Waals surface area contributed by atoms with Crippen LogP contribution in [0.25, 0.3) is 16.9 Å². The van der Waals surface area contributed by atoms with E-state index in [9.17, 15) is 5.11 Å². The van der Waals surface area contributed by atoms with Gasteiger partial charge in [0.15, 0.2) is 6.08 Å². The standard InChI is InChI=1S/C17H15N3O3/c1-2-22-17(21)18-16-15(13-9-5-3-6-10-13)20(19-23-16)14-11-7-4-8-12-14/h3-12H,2H2,1H3. The molecule has 2 aromatic carbocycles. The highest BCUT2D eigenvalue weighted by Gasteiger charge is 2.28. The maximum absolute atomic E-state index is 11.7. The molecule has 0 saturated carbocycles. The van der Waals surface area contributed by atoms with Crippen molar-refractivity contribution in [2.75, 3.05) is 6.61 Å².